The van der Waals surface area contributed by atoms with E-state index < -0.39 is 10.1 Å². The summed E-state index contributed by atoms with van der Waals surface area (Å²) in [6.07, 6.45) is 3.27. The van der Waals surface area contributed by atoms with Gasteiger partial charge in [-0.2, -0.15) is 18.4 Å². The fourth-order valence-corrected chi connectivity index (χ4v) is 4.34. The second kappa shape index (κ2) is 8.41. The number of benzene rings is 1. The lowest BCUT2D eigenvalue weighted by atomic mass is 10.2. The molecule has 0 N–H and O–H groups in total. The summed E-state index contributed by atoms with van der Waals surface area (Å²) < 4.78 is 38.6. The van der Waals surface area contributed by atoms with Gasteiger partial charge in [0.1, 0.15) is 17.0 Å². The van der Waals surface area contributed by atoms with E-state index in [4.69, 9.17) is 8.92 Å². The molecule has 33 heavy (non-hydrogen) atoms. The van der Waals surface area contributed by atoms with Gasteiger partial charge in [0.05, 0.1) is 13.2 Å². The molecule has 10 nitrogen and oxygen atoms in total. The van der Waals surface area contributed by atoms with Crippen LogP contribution >= 0.6 is 0 Å². The number of aryl methyl sites for hydroxylation is 2. The second-order valence-electron chi connectivity index (χ2n) is 7.76. The number of morpholine rings is 1. The lowest BCUT2D eigenvalue weighted by Crippen LogP contribution is -2.37. The molecule has 170 valence electrons. The maximum absolute atomic E-state index is 13.0. The fraction of sp³-hybridized carbons (Fsp3) is 0.273. The van der Waals surface area contributed by atoms with Crippen molar-refractivity contribution in [1.29, 1.82) is 0 Å². The normalized spacial score (nSPS) is 14.5. The highest BCUT2D eigenvalue weighted by Crippen LogP contribution is 2.29. The number of rotatable bonds is 5. The quantitative estimate of drug-likeness (QED) is 0.409. The lowest BCUT2D eigenvalue weighted by Gasteiger charge is -2.26. The molecule has 5 rings (SSSR count). The predicted octanol–water partition coefficient (Wildman–Crippen LogP) is 2.43. The first kappa shape index (κ1) is 21.3. The van der Waals surface area contributed by atoms with E-state index in [1.165, 1.54) is 18.5 Å². The summed E-state index contributed by atoms with van der Waals surface area (Å²) in [5.74, 6) is 0.809. The molecule has 0 atom stereocenters. The van der Waals surface area contributed by atoms with Gasteiger partial charge in [0.25, 0.3) is 5.88 Å². The molecule has 1 fully saturated rings. The standard InChI is InChI=1S/C22H22N6O4S/c1-15-3-6-17(7-4-15)33(29,30)32-21-19-20(25-22(26-21)27-9-11-31-12-10-27)28(14-24-19)18-8-5-16(2)13-23-18/h3-8,13-14H,9-12H2,1-2H3. The summed E-state index contributed by atoms with van der Waals surface area (Å²) in [6, 6.07) is 10.2. The van der Waals surface area contributed by atoms with Crippen LogP contribution in [0.25, 0.3) is 17.0 Å². The zero-order chi connectivity index (χ0) is 23.0. The molecule has 1 aromatic carbocycles. The third-order valence-corrected chi connectivity index (χ3v) is 6.51. The van der Waals surface area contributed by atoms with Gasteiger partial charge in [-0.15, -0.1) is 0 Å². The number of fused-ring (bicyclic) bond motifs is 1. The predicted molar refractivity (Wildman–Crippen MR) is 121 cm³/mol. The summed E-state index contributed by atoms with van der Waals surface area (Å²) in [5.41, 5.74) is 2.58. The molecule has 0 amide bonds. The van der Waals surface area contributed by atoms with Crippen LogP contribution in [-0.4, -0.2) is 59.2 Å². The molecular weight excluding hydrogens is 444 g/mol. The molecule has 0 unspecified atom stereocenters. The lowest BCUT2D eigenvalue weighted by molar-refractivity contribution is 0.122. The SMILES string of the molecule is Cc1ccc(S(=O)(=O)Oc2nc(N3CCOCC3)nc3c2ncn3-c2ccc(C)cn2)cc1. The Labute approximate surface area is 191 Å². The van der Waals surface area contributed by atoms with Crippen molar-refractivity contribution in [3.05, 3.63) is 60.0 Å². The maximum atomic E-state index is 13.0. The summed E-state index contributed by atoms with van der Waals surface area (Å²) in [5, 5.41) is 0. The topological polar surface area (TPSA) is 112 Å². The third kappa shape index (κ3) is 4.24. The highest BCUT2D eigenvalue weighted by atomic mass is 32.2. The molecule has 0 saturated carbocycles. The van der Waals surface area contributed by atoms with Gasteiger partial charge >= 0.3 is 10.1 Å². The summed E-state index contributed by atoms with van der Waals surface area (Å²) in [6.45, 7) is 6.03. The number of ether oxygens (including phenoxy) is 1. The largest absolute Gasteiger partial charge is 0.378 e. The van der Waals surface area contributed by atoms with E-state index in [0.717, 1.165) is 11.1 Å². The zero-order valence-electron chi connectivity index (χ0n) is 18.2. The Morgan fingerprint density at radius 3 is 2.36 bits per heavy atom. The van der Waals surface area contributed by atoms with Gasteiger partial charge in [-0.3, -0.25) is 4.57 Å². The Hall–Kier alpha value is -3.57. The Balaban J connectivity index is 1.63. The van der Waals surface area contributed by atoms with E-state index >= 15 is 0 Å². The average molecular weight is 467 g/mol. The van der Waals surface area contributed by atoms with Crippen LogP contribution in [0, 0.1) is 13.8 Å². The Morgan fingerprint density at radius 2 is 1.67 bits per heavy atom. The number of hydrogen-bond acceptors (Lipinski definition) is 9. The summed E-state index contributed by atoms with van der Waals surface area (Å²) >= 11 is 0. The van der Waals surface area contributed by atoms with Crippen molar-refractivity contribution in [3.63, 3.8) is 0 Å². The molecule has 1 saturated heterocycles. The first-order valence-electron chi connectivity index (χ1n) is 10.4. The Kier molecular flexibility index (Phi) is 5.43. The van der Waals surface area contributed by atoms with Gasteiger partial charge in [0.15, 0.2) is 11.2 Å². The molecule has 0 radical (unpaired) electrons. The van der Waals surface area contributed by atoms with Crippen LogP contribution in [0.4, 0.5) is 5.95 Å². The van der Waals surface area contributed by atoms with Gasteiger partial charge in [0.2, 0.25) is 5.95 Å². The van der Waals surface area contributed by atoms with Crippen LogP contribution in [0.1, 0.15) is 11.1 Å². The van der Waals surface area contributed by atoms with Gasteiger partial charge in [-0.25, -0.2) is 9.97 Å². The fourth-order valence-electron chi connectivity index (χ4n) is 3.45. The number of imidazole rings is 1. The molecule has 1 aliphatic heterocycles. The smallest absolute Gasteiger partial charge is 0.340 e. The van der Waals surface area contributed by atoms with Crippen LogP contribution in [0.5, 0.6) is 5.88 Å². The number of hydrogen-bond donors (Lipinski definition) is 0. The van der Waals surface area contributed by atoms with Crippen LogP contribution in [0.2, 0.25) is 0 Å². The van der Waals surface area contributed by atoms with Crippen molar-refractivity contribution in [1.82, 2.24) is 24.5 Å². The van der Waals surface area contributed by atoms with E-state index in [0.29, 0.717) is 43.7 Å². The molecule has 1 aliphatic rings. The van der Waals surface area contributed by atoms with Crippen molar-refractivity contribution in [2.45, 2.75) is 18.7 Å². The number of nitrogens with zero attached hydrogens (tertiary/aromatic N) is 6. The van der Waals surface area contributed by atoms with E-state index in [1.54, 1.807) is 22.9 Å². The molecule has 4 heterocycles. The number of aromatic nitrogens is 5. The van der Waals surface area contributed by atoms with E-state index in [9.17, 15) is 8.42 Å². The average Bonchev–Trinajstić information content (AvgIpc) is 3.25. The molecule has 0 spiro atoms. The molecular formula is C22H22N6O4S. The molecule has 0 aliphatic carbocycles. The van der Waals surface area contributed by atoms with Crippen molar-refractivity contribution in [2.24, 2.45) is 0 Å². The minimum atomic E-state index is -4.13. The van der Waals surface area contributed by atoms with Crippen molar-refractivity contribution in [3.8, 4) is 11.7 Å². The van der Waals surface area contributed by atoms with Crippen molar-refractivity contribution in [2.75, 3.05) is 31.2 Å². The second-order valence-corrected chi connectivity index (χ2v) is 9.31. The molecule has 11 heteroatoms. The third-order valence-electron chi connectivity index (χ3n) is 5.29. The number of anilines is 1. The van der Waals surface area contributed by atoms with Gasteiger partial charge in [0, 0.05) is 19.3 Å². The summed E-state index contributed by atoms with van der Waals surface area (Å²) in [7, 11) is -4.13. The van der Waals surface area contributed by atoms with Crippen molar-refractivity contribution >= 4 is 27.2 Å². The minimum absolute atomic E-state index is 0.0346. The van der Waals surface area contributed by atoms with Crippen LogP contribution in [-0.2, 0) is 14.9 Å². The van der Waals surface area contributed by atoms with E-state index in [1.807, 2.05) is 30.9 Å². The Morgan fingerprint density at radius 1 is 0.939 bits per heavy atom. The number of pyridine rings is 1. The van der Waals surface area contributed by atoms with Gasteiger partial charge < -0.3 is 13.8 Å². The summed E-state index contributed by atoms with van der Waals surface area (Å²) in [4.78, 5) is 19.9. The van der Waals surface area contributed by atoms with Crippen LogP contribution < -0.4 is 9.08 Å². The van der Waals surface area contributed by atoms with E-state index in [-0.39, 0.29) is 16.3 Å². The first-order chi connectivity index (χ1) is 15.9. The molecule has 3 aromatic heterocycles. The van der Waals surface area contributed by atoms with Crippen molar-refractivity contribution < 1.29 is 17.3 Å². The molecule has 4 aromatic rings. The van der Waals surface area contributed by atoms with Gasteiger partial charge in [-0.1, -0.05) is 23.8 Å². The molecule has 0 bridgehead atoms. The first-order valence-corrected chi connectivity index (χ1v) is 11.8. The van der Waals surface area contributed by atoms with Crippen LogP contribution in [0.3, 0.4) is 0 Å². The maximum Gasteiger partial charge on any atom is 0.340 e. The highest BCUT2D eigenvalue weighted by molar-refractivity contribution is 7.87. The van der Waals surface area contributed by atoms with E-state index in [2.05, 4.69) is 19.9 Å². The Bertz CT molecular complexity index is 1400. The van der Waals surface area contributed by atoms with Crippen LogP contribution in [0.15, 0.2) is 53.8 Å². The monoisotopic (exact) mass is 466 g/mol. The van der Waals surface area contributed by atoms with Gasteiger partial charge in [-0.05, 0) is 37.6 Å². The highest BCUT2D eigenvalue weighted by Gasteiger charge is 2.25. The zero-order valence-corrected chi connectivity index (χ0v) is 19.0. The minimum Gasteiger partial charge on any atom is -0.378 e.